The maximum atomic E-state index is 9.72. The molecule has 1 rings (SSSR count). The summed E-state index contributed by atoms with van der Waals surface area (Å²) < 4.78 is 0. The van der Waals surface area contributed by atoms with Gasteiger partial charge in [0.2, 0.25) is 0 Å². The molecule has 0 saturated heterocycles. The van der Waals surface area contributed by atoms with Crippen molar-refractivity contribution in [3.05, 3.63) is 34.7 Å². The summed E-state index contributed by atoms with van der Waals surface area (Å²) in [7, 11) is 0. The molecule has 4 nitrogen and oxygen atoms in total. The number of rotatable bonds is 3. The van der Waals surface area contributed by atoms with Crippen LogP contribution in [-0.4, -0.2) is 5.11 Å². The molecule has 0 atom stereocenters. The normalized spacial score (nSPS) is 9.18. The Morgan fingerprint density at radius 2 is 2.00 bits per heavy atom. The van der Waals surface area contributed by atoms with E-state index >= 15 is 0 Å². The van der Waals surface area contributed by atoms with Crippen molar-refractivity contribution in [3.8, 4) is 0 Å². The van der Waals surface area contributed by atoms with Crippen LogP contribution in [0.15, 0.2) is 29.6 Å². The zero-order valence-corrected chi connectivity index (χ0v) is 5.82. The lowest BCUT2D eigenvalue weighted by Crippen LogP contribution is -1.87. The summed E-state index contributed by atoms with van der Waals surface area (Å²) in [5.74, 6) is 0. The number of benzene rings is 1. The van der Waals surface area contributed by atoms with Crippen LogP contribution in [0.4, 0.5) is 5.69 Å². The van der Waals surface area contributed by atoms with Crippen LogP contribution >= 0.6 is 0 Å². The second-order valence-electron chi connectivity index (χ2n) is 2.06. The number of aliphatic hydroxyl groups is 1. The summed E-state index contributed by atoms with van der Waals surface area (Å²) >= 11 is 0. The lowest BCUT2D eigenvalue weighted by Gasteiger charge is -1.97. The van der Waals surface area contributed by atoms with Crippen molar-refractivity contribution >= 4 is 5.69 Å². The molecule has 0 spiro atoms. The lowest BCUT2D eigenvalue weighted by atomic mass is 10.2. The highest BCUT2D eigenvalue weighted by Gasteiger charge is 1.90. The first-order valence-corrected chi connectivity index (χ1v) is 3.15. The summed E-state index contributed by atoms with van der Waals surface area (Å²) in [6, 6.07) is 6.78. The van der Waals surface area contributed by atoms with Crippen LogP contribution in [0.1, 0.15) is 5.56 Å². The Morgan fingerprint density at radius 3 is 2.45 bits per heavy atom. The number of nitrogens with zero attached hydrogens (tertiary/aromatic N) is 1. The van der Waals surface area contributed by atoms with E-state index in [4.69, 9.17) is 5.11 Å². The highest BCUT2D eigenvalue weighted by atomic mass is 16.3. The van der Waals surface area contributed by atoms with E-state index in [1.54, 1.807) is 24.3 Å². The molecule has 0 unspecified atom stereocenters. The van der Waals surface area contributed by atoms with Gasteiger partial charge in [0.1, 0.15) is 0 Å². The largest absolute Gasteiger partial charge is 0.392 e. The van der Waals surface area contributed by atoms with Crippen molar-refractivity contribution in [3.63, 3.8) is 0 Å². The zero-order valence-electron chi connectivity index (χ0n) is 5.82. The number of nitrogens with one attached hydrogen (secondary N) is 1. The molecule has 0 aliphatic rings. The number of hydrogen-bond acceptors (Lipinski definition) is 3. The predicted molar refractivity (Wildman–Crippen MR) is 41.8 cm³/mol. The lowest BCUT2D eigenvalue weighted by molar-refractivity contribution is 0.282. The Balaban J connectivity index is 2.74. The van der Waals surface area contributed by atoms with E-state index in [1.807, 2.05) is 0 Å². The molecule has 11 heavy (non-hydrogen) atoms. The Labute approximate surface area is 63.8 Å². The third-order valence-electron chi connectivity index (χ3n) is 1.31. The van der Waals surface area contributed by atoms with Gasteiger partial charge in [0.15, 0.2) is 0 Å². The molecule has 0 aliphatic carbocycles. The van der Waals surface area contributed by atoms with Crippen LogP contribution in [0, 0.1) is 4.91 Å². The molecule has 0 aliphatic heterocycles. The van der Waals surface area contributed by atoms with Crippen LogP contribution in [0.2, 0.25) is 0 Å². The molecule has 1 aromatic rings. The van der Waals surface area contributed by atoms with Gasteiger partial charge in [0.25, 0.3) is 0 Å². The van der Waals surface area contributed by atoms with Crippen molar-refractivity contribution in [2.45, 2.75) is 6.61 Å². The third-order valence-corrected chi connectivity index (χ3v) is 1.31. The fourth-order valence-corrected chi connectivity index (χ4v) is 0.737. The van der Waals surface area contributed by atoms with Crippen LogP contribution in [0.5, 0.6) is 0 Å². The van der Waals surface area contributed by atoms with Crippen molar-refractivity contribution in [1.82, 2.24) is 0 Å². The zero-order chi connectivity index (χ0) is 8.10. The molecule has 0 saturated carbocycles. The topological polar surface area (TPSA) is 61.7 Å². The van der Waals surface area contributed by atoms with Crippen molar-refractivity contribution in [2.24, 2.45) is 5.29 Å². The van der Waals surface area contributed by atoms with Crippen LogP contribution in [0.3, 0.4) is 0 Å². The Morgan fingerprint density at radius 1 is 1.36 bits per heavy atom. The number of aliphatic hydroxyl groups excluding tert-OH is 1. The fourth-order valence-electron chi connectivity index (χ4n) is 0.737. The van der Waals surface area contributed by atoms with Gasteiger partial charge >= 0.3 is 0 Å². The Bertz CT molecular complexity index is 233. The average molecular weight is 152 g/mol. The first-order valence-electron chi connectivity index (χ1n) is 3.15. The molecule has 0 aromatic heterocycles. The van der Waals surface area contributed by atoms with Gasteiger partial charge < -0.3 is 5.11 Å². The van der Waals surface area contributed by atoms with Gasteiger partial charge in [-0.15, -0.1) is 4.91 Å². The predicted octanol–water partition coefficient (Wildman–Crippen LogP) is 1.27. The van der Waals surface area contributed by atoms with E-state index in [-0.39, 0.29) is 6.61 Å². The summed E-state index contributed by atoms with van der Waals surface area (Å²) in [4.78, 5) is 9.72. The molecule has 0 amide bonds. The quantitative estimate of drug-likeness (QED) is 0.506. The smallest absolute Gasteiger partial charge is 0.0681 e. The molecular weight excluding hydrogens is 144 g/mol. The van der Waals surface area contributed by atoms with Gasteiger partial charge in [-0.2, -0.15) is 0 Å². The number of nitroso groups, excluding NO2 is 1. The summed E-state index contributed by atoms with van der Waals surface area (Å²) in [5, 5.41) is 11.2. The van der Waals surface area contributed by atoms with E-state index in [9.17, 15) is 4.91 Å². The van der Waals surface area contributed by atoms with Crippen molar-refractivity contribution < 1.29 is 5.11 Å². The first-order chi connectivity index (χ1) is 5.36. The van der Waals surface area contributed by atoms with Gasteiger partial charge in [-0.05, 0) is 17.7 Å². The van der Waals surface area contributed by atoms with E-state index in [0.29, 0.717) is 5.69 Å². The van der Waals surface area contributed by atoms with Gasteiger partial charge in [0.05, 0.1) is 17.6 Å². The van der Waals surface area contributed by atoms with Crippen LogP contribution in [0.25, 0.3) is 0 Å². The molecule has 0 radical (unpaired) electrons. The van der Waals surface area contributed by atoms with Gasteiger partial charge in [0, 0.05) is 0 Å². The molecular formula is C7H8N2O2. The highest BCUT2D eigenvalue weighted by molar-refractivity contribution is 5.43. The van der Waals surface area contributed by atoms with Crippen LogP contribution < -0.4 is 5.43 Å². The second kappa shape index (κ2) is 3.68. The SMILES string of the molecule is O=NNc1ccc(CO)cc1. The van der Waals surface area contributed by atoms with Crippen LogP contribution in [-0.2, 0) is 6.61 Å². The Kier molecular flexibility index (Phi) is 2.57. The van der Waals surface area contributed by atoms with Crippen molar-refractivity contribution in [1.29, 1.82) is 0 Å². The average Bonchev–Trinajstić information content (AvgIpc) is 2.07. The maximum Gasteiger partial charge on any atom is 0.0681 e. The summed E-state index contributed by atoms with van der Waals surface area (Å²) in [6.45, 7) is 0.00873. The van der Waals surface area contributed by atoms with Gasteiger partial charge in [-0.25, -0.2) is 5.43 Å². The first kappa shape index (κ1) is 7.68. The highest BCUT2D eigenvalue weighted by Crippen LogP contribution is 2.08. The standard InChI is InChI=1S/C7H8N2O2/c10-5-6-1-3-7(4-2-6)8-9-11/h1-4,10H,5H2,(H,8,11). The van der Waals surface area contributed by atoms with E-state index in [1.165, 1.54) is 0 Å². The molecule has 0 heterocycles. The van der Waals surface area contributed by atoms with Crippen molar-refractivity contribution in [2.75, 3.05) is 5.43 Å². The number of anilines is 1. The van der Waals surface area contributed by atoms with Gasteiger partial charge in [-0.1, -0.05) is 12.1 Å². The van der Waals surface area contributed by atoms with E-state index < -0.39 is 0 Å². The minimum absolute atomic E-state index is 0.00873. The minimum Gasteiger partial charge on any atom is -0.392 e. The summed E-state index contributed by atoms with van der Waals surface area (Å²) in [5.41, 5.74) is 3.68. The fraction of sp³-hybridized carbons (Fsp3) is 0.143. The molecule has 0 bridgehead atoms. The maximum absolute atomic E-state index is 9.72. The molecule has 0 fully saturated rings. The molecule has 1 aromatic carbocycles. The van der Waals surface area contributed by atoms with E-state index in [2.05, 4.69) is 10.7 Å². The van der Waals surface area contributed by atoms with Gasteiger partial charge in [-0.3, -0.25) is 0 Å². The minimum atomic E-state index is 0.00873. The number of hydrogen-bond donors (Lipinski definition) is 2. The molecule has 2 N–H and O–H groups in total. The monoisotopic (exact) mass is 152 g/mol. The molecule has 58 valence electrons. The Hall–Kier alpha value is -1.42. The van der Waals surface area contributed by atoms with E-state index in [0.717, 1.165) is 5.56 Å². The second-order valence-corrected chi connectivity index (χ2v) is 2.06. The molecule has 4 heteroatoms. The summed E-state index contributed by atoms with van der Waals surface area (Å²) in [6.07, 6.45) is 0. The third kappa shape index (κ3) is 2.01.